The molecule has 368 valence electrons. The number of hydrogen-bond donors (Lipinski definition) is 3. The zero-order valence-electron chi connectivity index (χ0n) is 40.3. The summed E-state index contributed by atoms with van der Waals surface area (Å²) in [4.78, 5) is 32.1. The maximum atomic E-state index is 9.24. The van der Waals surface area contributed by atoms with Gasteiger partial charge in [-0.05, 0) is 99.8 Å². The van der Waals surface area contributed by atoms with Crippen molar-refractivity contribution in [1.82, 2.24) is 59.0 Å². The molecular formula is C52H61ClN16O2. The number of aromatic amines is 2. The minimum Gasteiger partial charge on any atom is -0.410 e. The third-order valence-corrected chi connectivity index (χ3v) is 13.6. The highest BCUT2D eigenvalue weighted by Crippen LogP contribution is 2.38. The molecule has 4 fully saturated rings. The van der Waals surface area contributed by atoms with Crippen LogP contribution in [-0.2, 0) is 0 Å². The maximum Gasteiger partial charge on any atom is 0.410 e. The maximum absolute atomic E-state index is 9.24. The van der Waals surface area contributed by atoms with Crippen molar-refractivity contribution in [3.05, 3.63) is 115 Å². The van der Waals surface area contributed by atoms with Crippen LogP contribution in [0.4, 0.5) is 0 Å². The van der Waals surface area contributed by atoms with E-state index in [2.05, 4.69) is 83.9 Å². The Morgan fingerprint density at radius 3 is 1.85 bits per heavy atom. The van der Waals surface area contributed by atoms with Gasteiger partial charge in [-0.15, -0.1) is 27.6 Å². The van der Waals surface area contributed by atoms with E-state index in [0.717, 1.165) is 96.6 Å². The van der Waals surface area contributed by atoms with Crippen LogP contribution in [0.25, 0.3) is 33.5 Å². The van der Waals surface area contributed by atoms with Crippen molar-refractivity contribution in [3.63, 3.8) is 0 Å². The van der Waals surface area contributed by atoms with E-state index in [9.17, 15) is 5.26 Å². The van der Waals surface area contributed by atoms with Crippen LogP contribution in [0, 0.1) is 34.7 Å². The van der Waals surface area contributed by atoms with Gasteiger partial charge in [0, 0.05) is 50.4 Å². The Hall–Kier alpha value is -7.54. The van der Waals surface area contributed by atoms with Gasteiger partial charge in [-0.25, -0.2) is 15.0 Å². The number of aromatic nitrogens is 9. The second-order valence-electron chi connectivity index (χ2n) is 18.2. The molecule has 3 N–H and O–H groups in total. The van der Waals surface area contributed by atoms with Gasteiger partial charge in [0.15, 0.2) is 16.9 Å². The highest BCUT2D eigenvalue weighted by Gasteiger charge is 2.35. The number of piperidine rings is 1. The van der Waals surface area contributed by atoms with Crippen LogP contribution in [0.2, 0.25) is 0 Å². The fraction of sp³-hybridized carbons (Fsp3) is 0.404. The molecule has 8 aromatic rings. The summed E-state index contributed by atoms with van der Waals surface area (Å²) in [5, 5.41) is 30.0. The number of guanidine groups is 1. The molecule has 12 rings (SSSR count). The molecule has 0 radical (unpaired) electrons. The normalized spacial score (nSPS) is 19.8. The number of aliphatic imine (C=N–C) groups is 2. The fourth-order valence-electron chi connectivity index (χ4n) is 9.90. The van der Waals surface area contributed by atoms with E-state index >= 15 is 0 Å². The molecule has 0 bridgehead atoms. The topological polar surface area (TPSA) is 214 Å². The number of para-hydroxylation sites is 2. The molecule has 1 aliphatic carbocycles. The van der Waals surface area contributed by atoms with Crippen molar-refractivity contribution in [2.75, 3.05) is 39.3 Å². The lowest BCUT2D eigenvalue weighted by molar-refractivity contribution is 0.216. The number of imidazole rings is 1. The van der Waals surface area contributed by atoms with Crippen molar-refractivity contribution in [2.24, 2.45) is 21.8 Å². The van der Waals surface area contributed by atoms with Crippen LogP contribution in [0.1, 0.15) is 95.1 Å². The molecular weight excluding hydrogens is 916 g/mol. The number of nitrogens with zero attached hydrogens (tertiary/aromatic N) is 13. The monoisotopic (exact) mass is 976 g/mol. The standard InChI is InChI=1S/C19H23N9.C15H18N4.C14H10N2O2.C4H9N.ClH/c1-13-5-9-27(19(23-12-20)26-7-2-3-8-26)11-14(13)18-25-24-16-10-22-17-15(28(16)18)4-6-21-17;1-10-4-2-3-5-12(10)15-18-9-11-8-17-14-13(19(11)15)6-7-16-14;15-11-16-14(17-12-7-3-1-4-8-12)18-13-9-5-2-6-10-13;1-2-4-5-3-1;/h4,6,10,13-14,21H,2-3,5,7-9,11H2,1H3;6-10,12,16H,2-5H2,1H3;1-10H;5H,1-4H2;1H/t13-,14+;10-,12+;;;/m11.../s1. The molecule has 3 aliphatic heterocycles. The minimum absolute atomic E-state index is 0. The number of nitrogens with one attached hydrogen (secondary N) is 3. The van der Waals surface area contributed by atoms with Gasteiger partial charge >= 0.3 is 6.08 Å². The van der Waals surface area contributed by atoms with Gasteiger partial charge in [-0.3, -0.25) is 8.80 Å². The Bertz CT molecular complexity index is 3030. The molecule has 1 saturated carbocycles. The number of rotatable bonds is 4. The Morgan fingerprint density at radius 2 is 1.23 bits per heavy atom. The largest absolute Gasteiger partial charge is 0.410 e. The minimum atomic E-state index is -0.102. The van der Waals surface area contributed by atoms with E-state index in [4.69, 9.17) is 19.7 Å². The highest BCUT2D eigenvalue weighted by atomic mass is 35.5. The van der Waals surface area contributed by atoms with Gasteiger partial charge < -0.3 is 34.6 Å². The summed E-state index contributed by atoms with van der Waals surface area (Å²) in [6.07, 6.45) is 24.4. The van der Waals surface area contributed by atoms with E-state index < -0.39 is 0 Å². The first-order valence-corrected chi connectivity index (χ1v) is 24.6. The first kappa shape index (κ1) is 49.9. The molecule has 0 spiro atoms. The number of fused-ring (bicyclic) bond motifs is 6. The summed E-state index contributed by atoms with van der Waals surface area (Å²) < 4.78 is 15.1. The van der Waals surface area contributed by atoms with E-state index in [1.807, 2.05) is 73.4 Å². The first-order chi connectivity index (χ1) is 34.5. The molecule has 19 heteroatoms. The Labute approximate surface area is 419 Å². The SMILES string of the molecule is C1CCNC1.C[C@@H]1CCCC[C@@H]1c1ncc2cnc3[nH]ccc3n12.C[C@@H]1CCN(C(=NC#N)N2CCCC2)C[C@@H]1c1nnc2cnc3[nH]ccc3n12.Cl.N#CN=C(Oc1ccccc1)Oc1ccccc1. The molecule has 0 amide bonds. The van der Waals surface area contributed by atoms with Gasteiger partial charge in [-0.1, -0.05) is 74.5 Å². The van der Waals surface area contributed by atoms with Crippen LogP contribution < -0.4 is 14.8 Å². The second-order valence-corrected chi connectivity index (χ2v) is 18.2. The highest BCUT2D eigenvalue weighted by molar-refractivity contribution is 5.85. The van der Waals surface area contributed by atoms with Gasteiger partial charge in [0.25, 0.3) is 0 Å². The lowest BCUT2D eigenvalue weighted by atomic mass is 9.80. The third kappa shape index (κ3) is 11.9. The quantitative estimate of drug-likeness (QED) is 0.0855. The molecule has 0 unspecified atom stereocenters. The van der Waals surface area contributed by atoms with Gasteiger partial charge in [-0.2, -0.15) is 10.5 Å². The van der Waals surface area contributed by atoms with Crippen molar-refractivity contribution >= 4 is 57.9 Å². The molecule has 71 heavy (non-hydrogen) atoms. The van der Waals surface area contributed by atoms with Crippen molar-refractivity contribution < 1.29 is 9.47 Å². The van der Waals surface area contributed by atoms with E-state index in [1.54, 1.807) is 36.7 Å². The summed E-state index contributed by atoms with van der Waals surface area (Å²) in [6, 6.07) is 22.1. The number of likely N-dealkylation sites (tertiary alicyclic amines) is 2. The molecule has 3 saturated heterocycles. The zero-order chi connectivity index (χ0) is 48.1. The number of ether oxygens (including phenoxy) is 2. The average molecular weight is 978 g/mol. The summed E-state index contributed by atoms with van der Waals surface area (Å²) >= 11 is 0. The van der Waals surface area contributed by atoms with Crippen molar-refractivity contribution in [3.8, 4) is 23.9 Å². The second kappa shape index (κ2) is 24.3. The van der Waals surface area contributed by atoms with Crippen LogP contribution in [0.15, 0.2) is 114 Å². The van der Waals surface area contributed by atoms with E-state index in [-0.39, 0.29) is 24.4 Å². The Morgan fingerprint density at radius 1 is 0.620 bits per heavy atom. The number of halogens is 1. The Balaban J connectivity index is 0.000000139. The predicted octanol–water partition coefficient (Wildman–Crippen LogP) is 9.24. The smallest absolute Gasteiger partial charge is 0.410 e. The molecule has 2 aromatic carbocycles. The molecule has 4 atom stereocenters. The van der Waals surface area contributed by atoms with Crippen LogP contribution in [0.3, 0.4) is 0 Å². The lowest BCUT2D eigenvalue weighted by Gasteiger charge is -2.39. The van der Waals surface area contributed by atoms with Crippen LogP contribution in [0.5, 0.6) is 11.5 Å². The van der Waals surface area contributed by atoms with Gasteiger partial charge in [0.1, 0.15) is 23.1 Å². The molecule has 6 aromatic heterocycles. The molecule has 4 aliphatic rings. The summed E-state index contributed by atoms with van der Waals surface area (Å²) in [7, 11) is 0. The summed E-state index contributed by atoms with van der Waals surface area (Å²) in [5.41, 5.74) is 5.76. The molecule has 9 heterocycles. The van der Waals surface area contributed by atoms with E-state index in [0.29, 0.717) is 23.3 Å². The fourth-order valence-corrected chi connectivity index (χ4v) is 9.90. The summed E-state index contributed by atoms with van der Waals surface area (Å²) in [6.45, 7) is 10.8. The Kier molecular flexibility index (Phi) is 17.1. The third-order valence-electron chi connectivity index (χ3n) is 13.6. The first-order valence-electron chi connectivity index (χ1n) is 24.6. The number of hydrogen-bond acceptors (Lipinski definition) is 12. The van der Waals surface area contributed by atoms with Gasteiger partial charge in [0.05, 0.1) is 35.1 Å². The van der Waals surface area contributed by atoms with Gasteiger partial charge in [0.2, 0.25) is 18.3 Å². The number of nitriles is 2. The van der Waals surface area contributed by atoms with Crippen LogP contribution in [-0.4, -0.2) is 105 Å². The number of benzene rings is 2. The van der Waals surface area contributed by atoms with Crippen molar-refractivity contribution in [1.29, 1.82) is 10.5 Å². The average Bonchev–Trinajstić information content (AvgIpc) is 4.26. The summed E-state index contributed by atoms with van der Waals surface area (Å²) in [5.74, 6) is 6.08. The molecule has 18 nitrogen and oxygen atoms in total. The number of H-pyrrole nitrogens is 2. The zero-order valence-corrected chi connectivity index (χ0v) is 41.1. The van der Waals surface area contributed by atoms with E-state index in [1.165, 1.54) is 57.4 Å². The van der Waals surface area contributed by atoms with Crippen molar-refractivity contribution in [2.45, 2.75) is 83.5 Å². The van der Waals surface area contributed by atoms with Crippen LogP contribution >= 0.6 is 12.4 Å². The lowest BCUT2D eigenvalue weighted by Crippen LogP contribution is -2.49. The predicted molar refractivity (Wildman–Crippen MR) is 276 cm³/mol.